The molecule has 4 aromatic rings. The van der Waals surface area contributed by atoms with Crippen LogP contribution in [-0.2, 0) is 9.84 Å². The average molecular weight is 497 g/mol. The Morgan fingerprint density at radius 1 is 1.26 bits per heavy atom. The fourth-order valence-corrected chi connectivity index (χ4v) is 4.30. The van der Waals surface area contributed by atoms with Gasteiger partial charge in [0.2, 0.25) is 11.8 Å². The van der Waals surface area contributed by atoms with Crippen molar-refractivity contribution in [3.05, 3.63) is 63.0 Å². The molecule has 0 radical (unpaired) electrons. The zero-order valence-electron chi connectivity index (χ0n) is 19.1. The fourth-order valence-electron chi connectivity index (χ4n) is 3.67. The maximum atomic E-state index is 11.8. The molecule has 3 aromatic heterocycles. The first-order valence-electron chi connectivity index (χ1n) is 11.1. The number of H-pyrrole nitrogens is 2. The number of nitrogens with zero attached hydrogens (tertiary/aromatic N) is 5. The van der Waals surface area contributed by atoms with Crippen LogP contribution in [0.4, 0.5) is 5.95 Å². The lowest BCUT2D eigenvalue weighted by atomic mass is 10.1. The van der Waals surface area contributed by atoms with Crippen molar-refractivity contribution in [2.45, 2.75) is 43.2 Å². The average Bonchev–Trinajstić information content (AvgIpc) is 3.45. The van der Waals surface area contributed by atoms with E-state index in [9.17, 15) is 18.3 Å². The van der Waals surface area contributed by atoms with E-state index in [0.29, 0.717) is 28.9 Å². The molecule has 5 rings (SSSR count). The minimum Gasteiger partial charge on any atom is -0.493 e. The quantitative estimate of drug-likeness (QED) is 0.285. The Balaban J connectivity index is 1.58. The second kappa shape index (κ2) is 8.65. The van der Waals surface area contributed by atoms with Crippen molar-refractivity contribution >= 4 is 27.5 Å². The molecular formula is C22H24N8O4S. The van der Waals surface area contributed by atoms with Crippen LogP contribution in [0.3, 0.4) is 0 Å². The first-order chi connectivity index (χ1) is 16.7. The van der Waals surface area contributed by atoms with Crippen LogP contribution in [0, 0.1) is 0 Å². The standard InChI is InChI=1S/C22H24N8O4S/c1-3-16(12-4-8-15(9-5-12)35(2,33)34)25-20-27-18-13(10-17-19(31)28-22(32)26-17)11-23-30(18)21(29-20)24-14-6-7-14/h4-5,8-11,14,16,31H,3,6-7H2,1-2H3,(H,24,25,29)(H2,26,28,32)/b13-10+. The maximum Gasteiger partial charge on any atom is 0.326 e. The van der Waals surface area contributed by atoms with Gasteiger partial charge in [-0.2, -0.15) is 19.6 Å². The highest BCUT2D eigenvalue weighted by atomic mass is 32.2. The van der Waals surface area contributed by atoms with Crippen molar-refractivity contribution < 1.29 is 13.5 Å². The number of sulfone groups is 1. The van der Waals surface area contributed by atoms with E-state index >= 15 is 0 Å². The van der Waals surface area contributed by atoms with Gasteiger partial charge in [-0.3, -0.25) is 4.98 Å². The molecule has 0 saturated heterocycles. The van der Waals surface area contributed by atoms with Gasteiger partial charge in [0.1, 0.15) is 5.69 Å². The van der Waals surface area contributed by atoms with Crippen molar-refractivity contribution in [1.29, 1.82) is 0 Å². The zero-order chi connectivity index (χ0) is 24.7. The Labute approximate surface area is 199 Å². The van der Waals surface area contributed by atoms with Gasteiger partial charge >= 0.3 is 5.69 Å². The van der Waals surface area contributed by atoms with Crippen LogP contribution in [0.5, 0.6) is 5.88 Å². The number of anilines is 1. The highest BCUT2D eigenvalue weighted by Crippen LogP contribution is 2.23. The lowest BCUT2D eigenvalue weighted by Crippen LogP contribution is -2.25. The molecule has 1 atom stereocenters. The molecule has 182 valence electrons. The summed E-state index contributed by atoms with van der Waals surface area (Å²) in [5, 5.41) is 18.2. The largest absolute Gasteiger partial charge is 0.493 e. The molecule has 1 aliphatic rings. The summed E-state index contributed by atoms with van der Waals surface area (Å²) >= 11 is 0. The third-order valence-electron chi connectivity index (χ3n) is 5.68. The number of rotatable bonds is 7. The summed E-state index contributed by atoms with van der Waals surface area (Å²) in [5.41, 5.74) is 1.41. The maximum absolute atomic E-state index is 11.8. The van der Waals surface area contributed by atoms with Crippen LogP contribution in [0.2, 0.25) is 0 Å². The number of benzene rings is 1. The highest BCUT2D eigenvalue weighted by Gasteiger charge is 2.21. The fraction of sp³-hybridized carbons (Fsp3) is 0.318. The summed E-state index contributed by atoms with van der Waals surface area (Å²) in [5.74, 6) is 0.0473. The monoisotopic (exact) mass is 496 g/mol. The molecule has 0 aliphatic heterocycles. The van der Waals surface area contributed by atoms with E-state index in [1.54, 1.807) is 36.5 Å². The number of hydrogen-bond donors (Lipinski definition) is 4. The van der Waals surface area contributed by atoms with Crippen LogP contribution in [0.15, 0.2) is 45.1 Å². The number of hydrogen-bond acceptors (Lipinski definition) is 9. The van der Waals surface area contributed by atoms with Gasteiger partial charge in [-0.15, -0.1) is 0 Å². The van der Waals surface area contributed by atoms with Gasteiger partial charge in [0.05, 0.1) is 23.2 Å². The number of nitrogens with one attached hydrogen (secondary N) is 3. The Hall–Kier alpha value is -4.00. The molecule has 12 nitrogen and oxygen atoms in total. The number of aromatic amines is 2. The Bertz CT molecular complexity index is 1680. The number of aromatic hydroxyl groups is 1. The number of aromatic nitrogens is 6. The first-order valence-corrected chi connectivity index (χ1v) is 13.0. The van der Waals surface area contributed by atoms with Crippen LogP contribution >= 0.6 is 0 Å². The predicted octanol–water partition coefficient (Wildman–Crippen LogP) is 0.424. The van der Waals surface area contributed by atoms with Crippen molar-refractivity contribution in [2.24, 2.45) is 4.99 Å². The Morgan fingerprint density at radius 3 is 2.60 bits per heavy atom. The van der Waals surface area contributed by atoms with E-state index in [0.717, 1.165) is 18.4 Å². The third kappa shape index (κ3) is 4.80. The molecule has 1 aliphatic carbocycles. The van der Waals surface area contributed by atoms with Gasteiger partial charge in [0.25, 0.3) is 5.62 Å². The van der Waals surface area contributed by atoms with Crippen molar-refractivity contribution in [1.82, 2.24) is 29.5 Å². The van der Waals surface area contributed by atoms with Crippen LogP contribution in [-0.4, -0.2) is 55.4 Å². The summed E-state index contributed by atoms with van der Waals surface area (Å²) in [6.07, 6.45) is 6.96. The molecule has 4 N–H and O–H groups in total. The lowest BCUT2D eigenvalue weighted by molar-refractivity contribution is 0.454. The molecule has 0 spiro atoms. The highest BCUT2D eigenvalue weighted by molar-refractivity contribution is 7.90. The van der Waals surface area contributed by atoms with Gasteiger partial charge in [-0.1, -0.05) is 19.1 Å². The SMILES string of the molecule is CCC(Nc1nc(=NC2CC2)n2nc/c(=C\c3[nH]c(=O)[nH]c3O)c2n1)c1ccc(S(C)(=O)=O)cc1. The molecule has 35 heavy (non-hydrogen) atoms. The summed E-state index contributed by atoms with van der Waals surface area (Å²) < 4.78 is 25.1. The van der Waals surface area contributed by atoms with Crippen LogP contribution in [0.1, 0.15) is 43.5 Å². The minimum absolute atomic E-state index is 0.180. The predicted molar refractivity (Wildman–Crippen MR) is 127 cm³/mol. The summed E-state index contributed by atoms with van der Waals surface area (Å²) in [4.78, 5) is 30.4. The minimum atomic E-state index is -3.29. The molecule has 1 saturated carbocycles. The van der Waals surface area contributed by atoms with E-state index in [1.807, 2.05) is 6.92 Å². The van der Waals surface area contributed by atoms with Gasteiger partial charge in [0, 0.05) is 11.5 Å². The van der Waals surface area contributed by atoms with E-state index in [2.05, 4.69) is 35.3 Å². The van der Waals surface area contributed by atoms with Crippen molar-refractivity contribution in [3.8, 4) is 5.88 Å². The molecular weight excluding hydrogens is 472 g/mol. The van der Waals surface area contributed by atoms with E-state index in [-0.39, 0.29) is 28.6 Å². The van der Waals surface area contributed by atoms with Gasteiger partial charge in [-0.05, 0) is 43.0 Å². The van der Waals surface area contributed by atoms with Crippen LogP contribution < -0.4 is 21.8 Å². The summed E-state index contributed by atoms with van der Waals surface area (Å²) in [6.45, 7) is 2.00. The number of fused-ring (bicyclic) bond motifs is 1. The Kier molecular flexibility index (Phi) is 5.63. The first kappa shape index (κ1) is 22.8. The third-order valence-corrected chi connectivity index (χ3v) is 6.81. The van der Waals surface area contributed by atoms with E-state index < -0.39 is 15.5 Å². The van der Waals surface area contributed by atoms with Crippen molar-refractivity contribution in [2.75, 3.05) is 11.6 Å². The van der Waals surface area contributed by atoms with Gasteiger partial charge in [0.15, 0.2) is 15.5 Å². The summed E-state index contributed by atoms with van der Waals surface area (Å²) in [6, 6.07) is 6.72. The molecule has 1 unspecified atom stereocenters. The Morgan fingerprint density at radius 2 is 2.00 bits per heavy atom. The smallest absolute Gasteiger partial charge is 0.326 e. The molecule has 1 fully saturated rings. The second-order valence-electron chi connectivity index (χ2n) is 8.47. The van der Waals surface area contributed by atoms with Crippen molar-refractivity contribution in [3.63, 3.8) is 0 Å². The molecule has 13 heteroatoms. The lowest BCUT2D eigenvalue weighted by Gasteiger charge is -2.17. The second-order valence-corrected chi connectivity index (χ2v) is 10.5. The molecule has 0 bridgehead atoms. The molecule has 3 heterocycles. The van der Waals surface area contributed by atoms with Gasteiger partial charge in [-0.25, -0.2) is 18.2 Å². The van der Waals surface area contributed by atoms with E-state index in [4.69, 9.17) is 0 Å². The number of imidazole rings is 1. The molecule has 0 amide bonds. The molecule has 1 aromatic carbocycles. The summed E-state index contributed by atoms with van der Waals surface area (Å²) in [7, 11) is -3.29. The topological polar surface area (TPSA) is 170 Å². The zero-order valence-corrected chi connectivity index (χ0v) is 19.9. The van der Waals surface area contributed by atoms with Crippen LogP contribution in [0.25, 0.3) is 11.7 Å². The normalized spacial score (nSPS) is 16.2. The van der Waals surface area contributed by atoms with E-state index in [1.165, 1.54) is 10.8 Å². The van der Waals surface area contributed by atoms with Gasteiger partial charge < -0.3 is 15.4 Å².